The standard InChI is InChI=1S/C16H15NO5S2/c1-3-6-22-11-5-4-10(7-12(11)21-2)8-13-15(20)17(9-14(18)19)16(23)24-13/h3-5,7-8H,1,6,9H2,2H3,(H,18,19)/p-1/b13-8-. The van der Waals surface area contributed by atoms with E-state index >= 15 is 0 Å². The minimum atomic E-state index is -1.36. The van der Waals surface area contributed by atoms with Crippen LogP contribution in [0.5, 0.6) is 11.5 Å². The summed E-state index contributed by atoms with van der Waals surface area (Å²) >= 11 is 6.07. The number of amides is 1. The molecule has 8 heteroatoms. The Kier molecular flexibility index (Phi) is 5.99. The van der Waals surface area contributed by atoms with E-state index in [-0.39, 0.29) is 4.32 Å². The van der Waals surface area contributed by atoms with E-state index in [4.69, 9.17) is 21.7 Å². The van der Waals surface area contributed by atoms with Gasteiger partial charge in [0.05, 0.1) is 24.5 Å². The number of carboxylic acid groups (broad SMARTS) is 1. The predicted octanol–water partition coefficient (Wildman–Crippen LogP) is 1.21. The van der Waals surface area contributed by atoms with Gasteiger partial charge in [0.15, 0.2) is 11.5 Å². The van der Waals surface area contributed by atoms with Crippen LogP contribution in [0.2, 0.25) is 0 Å². The molecule has 0 spiro atoms. The molecule has 2 rings (SSSR count). The van der Waals surface area contributed by atoms with Crippen LogP contribution in [0.25, 0.3) is 6.08 Å². The van der Waals surface area contributed by atoms with E-state index in [1.807, 2.05) is 0 Å². The van der Waals surface area contributed by atoms with E-state index in [2.05, 4.69) is 6.58 Å². The second-order valence-electron chi connectivity index (χ2n) is 4.65. The number of thioether (sulfide) groups is 1. The number of aliphatic carboxylic acids is 1. The molecule has 0 atom stereocenters. The van der Waals surface area contributed by atoms with Crippen LogP contribution >= 0.6 is 24.0 Å². The van der Waals surface area contributed by atoms with Gasteiger partial charge in [0.25, 0.3) is 5.91 Å². The Morgan fingerprint density at radius 3 is 2.83 bits per heavy atom. The average molecular weight is 364 g/mol. The lowest BCUT2D eigenvalue weighted by molar-refractivity contribution is -0.305. The van der Waals surface area contributed by atoms with Gasteiger partial charge in [-0.05, 0) is 23.8 Å². The molecule has 0 saturated carbocycles. The maximum absolute atomic E-state index is 12.2. The lowest BCUT2D eigenvalue weighted by Crippen LogP contribution is -2.40. The summed E-state index contributed by atoms with van der Waals surface area (Å²) in [6.07, 6.45) is 3.24. The number of carbonyl (C=O) groups is 2. The molecule has 1 heterocycles. The van der Waals surface area contributed by atoms with Crippen molar-refractivity contribution >= 4 is 46.3 Å². The van der Waals surface area contributed by atoms with Crippen LogP contribution in [0.4, 0.5) is 0 Å². The first-order valence-electron chi connectivity index (χ1n) is 6.83. The topological polar surface area (TPSA) is 78.9 Å². The van der Waals surface area contributed by atoms with Crippen molar-refractivity contribution < 1.29 is 24.2 Å². The van der Waals surface area contributed by atoms with Crippen LogP contribution in [0.3, 0.4) is 0 Å². The molecule has 1 aromatic carbocycles. The van der Waals surface area contributed by atoms with Gasteiger partial charge >= 0.3 is 0 Å². The van der Waals surface area contributed by atoms with Gasteiger partial charge in [-0.25, -0.2) is 0 Å². The Hall–Kier alpha value is -2.32. The Morgan fingerprint density at radius 2 is 2.21 bits per heavy atom. The van der Waals surface area contributed by atoms with Gasteiger partial charge in [0.2, 0.25) is 0 Å². The second kappa shape index (κ2) is 7.98. The van der Waals surface area contributed by atoms with Crippen molar-refractivity contribution in [1.29, 1.82) is 0 Å². The molecule has 0 bridgehead atoms. The number of benzene rings is 1. The molecule has 0 N–H and O–H groups in total. The molecule has 1 aliphatic heterocycles. The first kappa shape index (κ1) is 18.0. The summed E-state index contributed by atoms with van der Waals surface area (Å²) in [4.78, 5) is 24.2. The van der Waals surface area contributed by atoms with E-state index in [0.29, 0.717) is 28.6 Å². The Morgan fingerprint density at radius 1 is 1.46 bits per heavy atom. The first-order valence-corrected chi connectivity index (χ1v) is 8.05. The van der Waals surface area contributed by atoms with Crippen molar-refractivity contribution in [3.05, 3.63) is 41.3 Å². The van der Waals surface area contributed by atoms with Crippen LogP contribution in [-0.4, -0.2) is 41.4 Å². The van der Waals surface area contributed by atoms with Gasteiger partial charge in [-0.2, -0.15) is 0 Å². The molecular formula is C16H14NO5S2-. The van der Waals surface area contributed by atoms with Crippen LogP contribution in [0, 0.1) is 0 Å². The zero-order valence-corrected chi connectivity index (χ0v) is 14.4. The van der Waals surface area contributed by atoms with Gasteiger partial charge in [0, 0.05) is 0 Å². The van der Waals surface area contributed by atoms with Crippen molar-refractivity contribution in [2.45, 2.75) is 0 Å². The lowest BCUT2D eigenvalue weighted by atomic mass is 10.2. The summed E-state index contributed by atoms with van der Waals surface area (Å²) in [5.74, 6) is -0.757. The number of rotatable bonds is 7. The highest BCUT2D eigenvalue weighted by molar-refractivity contribution is 8.26. The summed E-state index contributed by atoms with van der Waals surface area (Å²) in [7, 11) is 1.51. The predicted molar refractivity (Wildman–Crippen MR) is 93.6 cm³/mol. The molecule has 6 nitrogen and oxygen atoms in total. The summed E-state index contributed by atoms with van der Waals surface area (Å²) in [6.45, 7) is 3.37. The number of nitrogens with zero attached hydrogens (tertiary/aromatic N) is 1. The molecule has 126 valence electrons. The molecular weight excluding hydrogens is 350 g/mol. The third kappa shape index (κ3) is 4.15. The van der Waals surface area contributed by atoms with E-state index in [1.165, 1.54) is 7.11 Å². The highest BCUT2D eigenvalue weighted by atomic mass is 32.2. The number of hydrogen-bond donors (Lipinski definition) is 0. The highest BCUT2D eigenvalue weighted by Gasteiger charge is 2.31. The van der Waals surface area contributed by atoms with E-state index < -0.39 is 18.4 Å². The van der Waals surface area contributed by atoms with Gasteiger partial charge in [0.1, 0.15) is 10.9 Å². The maximum atomic E-state index is 12.2. The largest absolute Gasteiger partial charge is 0.548 e. The fraction of sp³-hybridized carbons (Fsp3) is 0.188. The molecule has 0 radical (unpaired) electrons. The van der Waals surface area contributed by atoms with E-state index in [9.17, 15) is 14.7 Å². The summed E-state index contributed by atoms with van der Waals surface area (Å²) < 4.78 is 10.9. The minimum Gasteiger partial charge on any atom is -0.548 e. The van der Waals surface area contributed by atoms with Crippen molar-refractivity contribution in [2.24, 2.45) is 0 Å². The third-order valence-electron chi connectivity index (χ3n) is 3.00. The molecule has 1 aliphatic rings. The van der Waals surface area contributed by atoms with Gasteiger partial charge in [-0.15, -0.1) is 0 Å². The quantitative estimate of drug-likeness (QED) is 0.409. The van der Waals surface area contributed by atoms with Crippen molar-refractivity contribution in [1.82, 2.24) is 4.90 Å². The third-order valence-corrected chi connectivity index (χ3v) is 4.38. The Labute approximate surface area is 148 Å². The summed E-state index contributed by atoms with van der Waals surface area (Å²) in [6, 6.07) is 5.19. The zero-order chi connectivity index (χ0) is 17.7. The van der Waals surface area contributed by atoms with E-state index in [0.717, 1.165) is 16.7 Å². The Bertz CT molecular complexity index is 729. The number of ether oxygens (including phenoxy) is 2. The monoisotopic (exact) mass is 364 g/mol. The molecule has 1 fully saturated rings. The van der Waals surface area contributed by atoms with E-state index in [1.54, 1.807) is 30.4 Å². The van der Waals surface area contributed by atoms with Crippen LogP contribution in [0.1, 0.15) is 5.56 Å². The SMILES string of the molecule is C=CCOc1ccc(/C=C2\SC(=S)N(CC(=O)[O-])C2=O)cc1OC. The molecule has 0 aromatic heterocycles. The number of carbonyl (C=O) groups excluding carboxylic acids is 2. The smallest absolute Gasteiger partial charge is 0.266 e. The van der Waals surface area contributed by atoms with Gasteiger partial charge in [-0.1, -0.05) is 42.7 Å². The van der Waals surface area contributed by atoms with Crippen molar-refractivity contribution in [2.75, 3.05) is 20.3 Å². The fourth-order valence-corrected chi connectivity index (χ4v) is 3.21. The maximum Gasteiger partial charge on any atom is 0.266 e. The molecule has 0 unspecified atom stereocenters. The summed E-state index contributed by atoms with van der Waals surface area (Å²) in [5, 5.41) is 10.7. The number of thiocarbonyl (C=S) groups is 1. The number of methoxy groups -OCH3 is 1. The van der Waals surface area contributed by atoms with Crippen molar-refractivity contribution in [3.63, 3.8) is 0 Å². The van der Waals surface area contributed by atoms with Crippen LogP contribution < -0.4 is 14.6 Å². The molecule has 1 amide bonds. The molecule has 1 aromatic rings. The first-order chi connectivity index (χ1) is 11.5. The number of carboxylic acids is 1. The van der Waals surface area contributed by atoms with Gasteiger partial charge < -0.3 is 19.4 Å². The highest BCUT2D eigenvalue weighted by Crippen LogP contribution is 2.34. The zero-order valence-electron chi connectivity index (χ0n) is 12.8. The van der Waals surface area contributed by atoms with Gasteiger partial charge in [-0.3, -0.25) is 9.69 Å². The molecule has 1 saturated heterocycles. The normalized spacial score (nSPS) is 15.7. The van der Waals surface area contributed by atoms with Crippen LogP contribution in [0.15, 0.2) is 35.8 Å². The van der Waals surface area contributed by atoms with Crippen LogP contribution in [-0.2, 0) is 9.59 Å². The lowest BCUT2D eigenvalue weighted by Gasteiger charge is -2.14. The second-order valence-corrected chi connectivity index (χ2v) is 6.33. The van der Waals surface area contributed by atoms with Crippen molar-refractivity contribution in [3.8, 4) is 11.5 Å². The molecule has 0 aliphatic carbocycles. The Balaban J connectivity index is 2.25. The number of hydrogen-bond acceptors (Lipinski definition) is 7. The minimum absolute atomic E-state index is 0.188. The fourth-order valence-electron chi connectivity index (χ4n) is 1.96. The summed E-state index contributed by atoms with van der Waals surface area (Å²) in [5.41, 5.74) is 0.701. The molecule has 24 heavy (non-hydrogen) atoms. The average Bonchev–Trinajstić information content (AvgIpc) is 2.80.